The molecule has 0 spiro atoms. The number of unbranched alkanes of at least 4 members (excludes halogenated alkanes) is 1. The molecule has 2 aromatic rings. The van der Waals surface area contributed by atoms with Gasteiger partial charge in [0, 0.05) is 37.7 Å². The van der Waals surface area contributed by atoms with Crippen LogP contribution in [-0.4, -0.2) is 85.7 Å². The molecule has 4 rings (SSSR count). The van der Waals surface area contributed by atoms with Crippen LogP contribution in [0.1, 0.15) is 42.1 Å². The number of nitrogens with two attached hydrogens (primary N) is 1. The molecule has 0 unspecified atom stereocenters. The Morgan fingerprint density at radius 1 is 1.14 bits per heavy atom. The van der Waals surface area contributed by atoms with Gasteiger partial charge in [0.25, 0.3) is 5.91 Å². The van der Waals surface area contributed by atoms with Crippen LogP contribution < -0.4 is 25.8 Å². The summed E-state index contributed by atoms with van der Waals surface area (Å²) in [6.07, 6.45) is 5.80. The molecule has 0 saturated carbocycles. The van der Waals surface area contributed by atoms with E-state index in [2.05, 4.69) is 32.5 Å². The maximum atomic E-state index is 12.8. The van der Waals surface area contributed by atoms with Gasteiger partial charge in [-0.2, -0.15) is 0 Å². The minimum absolute atomic E-state index is 0.0962. The van der Waals surface area contributed by atoms with E-state index in [4.69, 9.17) is 24.9 Å². The molecular formula is C25H34N8O4. The number of fused-ring (bicyclic) bond motifs is 3. The number of nitrogen functional groups attached to an aromatic ring is 1. The third-order valence-electron chi connectivity index (χ3n) is 5.83. The lowest BCUT2D eigenvalue weighted by atomic mass is 10.1. The Labute approximate surface area is 216 Å². The lowest BCUT2D eigenvalue weighted by molar-refractivity contribution is 0.0973. The predicted molar refractivity (Wildman–Crippen MR) is 141 cm³/mol. The topological polar surface area (TPSA) is 149 Å². The van der Waals surface area contributed by atoms with E-state index in [1.807, 2.05) is 17.0 Å². The fraction of sp³-hybridized carbons (Fsp3) is 0.480. The molecule has 0 fully saturated rings. The Morgan fingerprint density at radius 3 is 2.76 bits per heavy atom. The Hall–Kier alpha value is -3.77. The minimum Gasteiger partial charge on any atom is -0.491 e. The Morgan fingerprint density at radius 2 is 1.97 bits per heavy atom. The SMILES string of the molecule is CCCCOCCNCCCOc1ccc2c(c1OC)N=C(NC(=O)c1cnc(N)nc1)N1CCN=C21. The van der Waals surface area contributed by atoms with Crippen molar-refractivity contribution in [2.24, 2.45) is 9.98 Å². The number of benzene rings is 1. The van der Waals surface area contributed by atoms with Crippen LogP contribution in [-0.2, 0) is 4.74 Å². The Balaban J connectivity index is 1.41. The average molecular weight is 511 g/mol. The molecule has 0 radical (unpaired) electrons. The van der Waals surface area contributed by atoms with Gasteiger partial charge in [-0.25, -0.2) is 15.0 Å². The van der Waals surface area contributed by atoms with Gasteiger partial charge in [0.15, 0.2) is 11.5 Å². The van der Waals surface area contributed by atoms with Crippen LogP contribution in [0.25, 0.3) is 0 Å². The fourth-order valence-corrected chi connectivity index (χ4v) is 3.93. The molecule has 0 atom stereocenters. The van der Waals surface area contributed by atoms with E-state index < -0.39 is 5.91 Å². The van der Waals surface area contributed by atoms with Crippen LogP contribution in [0.15, 0.2) is 34.5 Å². The second-order valence-electron chi connectivity index (χ2n) is 8.49. The summed E-state index contributed by atoms with van der Waals surface area (Å²) in [5.41, 5.74) is 7.18. The molecule has 37 heavy (non-hydrogen) atoms. The number of guanidine groups is 1. The standard InChI is InChI=1S/C25H34N8O4/c1-3-4-12-36-14-10-27-8-5-13-37-19-7-6-18-20(21(19)35-2)31-25(33-11-9-28-22(18)33)32-23(34)17-15-29-24(26)30-16-17/h6-7,15-16,27H,3-5,8-14H2,1-2H3,(H2,26,29,30)(H,31,32,34). The van der Waals surface area contributed by atoms with Gasteiger partial charge in [0.1, 0.15) is 11.5 Å². The minimum atomic E-state index is -0.400. The summed E-state index contributed by atoms with van der Waals surface area (Å²) in [7, 11) is 1.57. The summed E-state index contributed by atoms with van der Waals surface area (Å²) < 4.78 is 17.3. The van der Waals surface area contributed by atoms with Gasteiger partial charge in [0.2, 0.25) is 11.9 Å². The zero-order valence-electron chi connectivity index (χ0n) is 21.3. The van der Waals surface area contributed by atoms with Crippen molar-refractivity contribution in [2.45, 2.75) is 26.2 Å². The second-order valence-corrected chi connectivity index (χ2v) is 8.49. The number of carbonyl (C=O) groups excluding carboxylic acids is 1. The van der Waals surface area contributed by atoms with Crippen LogP contribution in [0.2, 0.25) is 0 Å². The Bertz CT molecular complexity index is 1140. The zero-order valence-corrected chi connectivity index (χ0v) is 21.3. The number of amidine groups is 1. The summed E-state index contributed by atoms with van der Waals surface area (Å²) in [5, 5.41) is 6.20. The van der Waals surface area contributed by atoms with Crippen LogP contribution in [0.3, 0.4) is 0 Å². The van der Waals surface area contributed by atoms with E-state index in [0.717, 1.165) is 50.4 Å². The first-order valence-electron chi connectivity index (χ1n) is 12.5. The third kappa shape index (κ3) is 6.52. The number of carbonyl (C=O) groups is 1. The van der Waals surface area contributed by atoms with E-state index in [1.165, 1.54) is 12.4 Å². The van der Waals surface area contributed by atoms with Crippen LogP contribution in [0.4, 0.5) is 11.6 Å². The van der Waals surface area contributed by atoms with Crippen molar-refractivity contribution in [1.29, 1.82) is 0 Å². The number of aliphatic imine (C=N–C) groups is 2. The summed E-state index contributed by atoms with van der Waals surface area (Å²) in [6.45, 7) is 7.01. The summed E-state index contributed by atoms with van der Waals surface area (Å²) >= 11 is 0. The molecule has 0 aliphatic carbocycles. The van der Waals surface area contributed by atoms with Gasteiger partial charge < -0.3 is 25.3 Å². The largest absolute Gasteiger partial charge is 0.491 e. The molecule has 1 aromatic heterocycles. The van der Waals surface area contributed by atoms with E-state index >= 15 is 0 Å². The smallest absolute Gasteiger partial charge is 0.261 e. The lowest BCUT2D eigenvalue weighted by Gasteiger charge is -2.28. The number of anilines is 1. The molecule has 1 amide bonds. The lowest BCUT2D eigenvalue weighted by Crippen LogP contribution is -2.47. The highest BCUT2D eigenvalue weighted by Crippen LogP contribution is 2.43. The van der Waals surface area contributed by atoms with Gasteiger partial charge in [-0.15, -0.1) is 0 Å². The number of nitrogens with zero attached hydrogens (tertiary/aromatic N) is 5. The van der Waals surface area contributed by atoms with Gasteiger partial charge in [-0.3, -0.25) is 20.0 Å². The first-order valence-corrected chi connectivity index (χ1v) is 12.5. The number of rotatable bonds is 13. The van der Waals surface area contributed by atoms with Crippen molar-refractivity contribution in [3.05, 3.63) is 35.7 Å². The van der Waals surface area contributed by atoms with E-state index in [0.29, 0.717) is 49.4 Å². The van der Waals surface area contributed by atoms with Crippen molar-refractivity contribution in [2.75, 3.05) is 58.8 Å². The van der Waals surface area contributed by atoms with Gasteiger partial charge in [0.05, 0.1) is 32.4 Å². The van der Waals surface area contributed by atoms with Crippen LogP contribution >= 0.6 is 0 Å². The van der Waals surface area contributed by atoms with E-state index in [-0.39, 0.29) is 11.5 Å². The van der Waals surface area contributed by atoms with E-state index in [1.54, 1.807) is 7.11 Å². The Kier molecular flexibility index (Phi) is 9.22. The summed E-state index contributed by atoms with van der Waals surface area (Å²) in [5.74, 6) is 1.85. The molecule has 2 aliphatic rings. The number of hydrogen-bond donors (Lipinski definition) is 3. The first kappa shape index (κ1) is 26.3. The number of hydrogen-bond acceptors (Lipinski definition) is 11. The molecule has 0 saturated heterocycles. The van der Waals surface area contributed by atoms with Crippen LogP contribution in [0.5, 0.6) is 11.5 Å². The quantitative estimate of drug-likeness (QED) is 0.343. The fourth-order valence-electron chi connectivity index (χ4n) is 3.93. The van der Waals surface area contributed by atoms with E-state index in [9.17, 15) is 4.79 Å². The molecule has 0 bridgehead atoms. The average Bonchev–Trinajstić information content (AvgIpc) is 3.40. The van der Waals surface area contributed by atoms with Crippen molar-refractivity contribution in [1.82, 2.24) is 25.5 Å². The monoisotopic (exact) mass is 510 g/mol. The zero-order chi connectivity index (χ0) is 26.0. The van der Waals surface area contributed by atoms with Crippen molar-refractivity contribution < 1.29 is 19.0 Å². The number of ether oxygens (including phenoxy) is 3. The van der Waals surface area contributed by atoms with Crippen molar-refractivity contribution >= 4 is 29.3 Å². The number of aromatic nitrogens is 2. The number of methoxy groups -OCH3 is 1. The highest BCUT2D eigenvalue weighted by Gasteiger charge is 2.33. The third-order valence-corrected chi connectivity index (χ3v) is 5.83. The van der Waals surface area contributed by atoms with Crippen molar-refractivity contribution in [3.8, 4) is 11.5 Å². The molecule has 3 heterocycles. The molecule has 1 aromatic carbocycles. The predicted octanol–water partition coefficient (Wildman–Crippen LogP) is 1.74. The highest BCUT2D eigenvalue weighted by atomic mass is 16.5. The normalized spacial score (nSPS) is 13.9. The first-order chi connectivity index (χ1) is 18.1. The molecule has 4 N–H and O–H groups in total. The molecular weight excluding hydrogens is 476 g/mol. The van der Waals surface area contributed by atoms with Gasteiger partial charge in [-0.05, 0) is 31.5 Å². The maximum absolute atomic E-state index is 12.8. The highest BCUT2D eigenvalue weighted by molar-refractivity contribution is 6.20. The van der Waals surface area contributed by atoms with Crippen molar-refractivity contribution in [3.63, 3.8) is 0 Å². The maximum Gasteiger partial charge on any atom is 0.261 e. The summed E-state index contributed by atoms with van der Waals surface area (Å²) in [4.78, 5) is 31.8. The summed E-state index contributed by atoms with van der Waals surface area (Å²) in [6, 6.07) is 3.79. The van der Waals surface area contributed by atoms with Gasteiger partial charge >= 0.3 is 0 Å². The number of nitrogens with one attached hydrogen (secondary N) is 2. The second kappa shape index (κ2) is 13.0. The molecule has 2 aliphatic heterocycles. The number of amides is 1. The van der Waals surface area contributed by atoms with Gasteiger partial charge in [-0.1, -0.05) is 13.3 Å². The molecule has 12 nitrogen and oxygen atoms in total. The molecule has 198 valence electrons. The molecule has 12 heteroatoms. The van der Waals surface area contributed by atoms with Crippen LogP contribution in [0, 0.1) is 0 Å².